The number of carbonyl (C=O) groups is 1. The van der Waals surface area contributed by atoms with Gasteiger partial charge < -0.3 is 14.7 Å². The molecule has 0 bridgehead atoms. The first kappa shape index (κ1) is 19.7. The third kappa shape index (κ3) is 3.92. The zero-order valence-electron chi connectivity index (χ0n) is 17.5. The highest BCUT2D eigenvalue weighted by atomic mass is 19.1. The van der Waals surface area contributed by atoms with Gasteiger partial charge in [0, 0.05) is 42.9 Å². The third-order valence-electron chi connectivity index (χ3n) is 6.19. The molecule has 5 rings (SSSR count). The number of aromatic nitrogens is 4. The first-order valence-corrected chi connectivity index (χ1v) is 10.8. The van der Waals surface area contributed by atoms with Crippen molar-refractivity contribution in [3.63, 3.8) is 0 Å². The maximum Gasteiger partial charge on any atom is 0.317 e. The number of urea groups is 1. The fourth-order valence-corrected chi connectivity index (χ4v) is 4.49. The molecular formula is C22H25FN6O2. The molecule has 1 aromatic carbocycles. The second-order valence-corrected chi connectivity index (χ2v) is 8.28. The van der Waals surface area contributed by atoms with Crippen molar-refractivity contribution in [2.45, 2.75) is 51.1 Å². The molecule has 162 valence electrons. The smallest absolute Gasteiger partial charge is 0.317 e. The normalized spacial score (nSPS) is 16.9. The molecule has 0 unspecified atom stereocenters. The second kappa shape index (κ2) is 8.13. The molecule has 1 aliphatic carbocycles. The standard InChI is InChI=1S/C22H25FN6O2/c1-28-18-11-12-29(22(30)24-16-5-3-2-4-6-16)13-17(18)19(26-28)21-25-20(27-31-21)14-7-9-15(23)10-8-14/h7-10,16H,2-6,11-13H2,1H3,(H,24,30). The van der Waals surface area contributed by atoms with Crippen molar-refractivity contribution in [3.8, 4) is 23.0 Å². The summed E-state index contributed by atoms with van der Waals surface area (Å²) in [5.41, 5.74) is 3.25. The van der Waals surface area contributed by atoms with E-state index in [4.69, 9.17) is 4.52 Å². The highest BCUT2D eigenvalue weighted by molar-refractivity contribution is 5.75. The van der Waals surface area contributed by atoms with Gasteiger partial charge in [0.25, 0.3) is 5.89 Å². The van der Waals surface area contributed by atoms with E-state index in [9.17, 15) is 9.18 Å². The summed E-state index contributed by atoms with van der Waals surface area (Å²) in [6, 6.07) is 6.17. The summed E-state index contributed by atoms with van der Waals surface area (Å²) < 4.78 is 20.5. The van der Waals surface area contributed by atoms with Crippen LogP contribution in [0, 0.1) is 5.82 Å². The quantitative estimate of drug-likeness (QED) is 0.693. The van der Waals surface area contributed by atoms with Crippen molar-refractivity contribution < 1.29 is 13.7 Å². The molecule has 0 saturated heterocycles. The van der Waals surface area contributed by atoms with Gasteiger partial charge in [-0.05, 0) is 37.1 Å². The van der Waals surface area contributed by atoms with E-state index in [1.807, 2.05) is 16.6 Å². The Bertz CT molecular complexity index is 1080. The Morgan fingerprint density at radius 1 is 1.19 bits per heavy atom. The van der Waals surface area contributed by atoms with Crippen molar-refractivity contribution in [2.24, 2.45) is 7.05 Å². The van der Waals surface area contributed by atoms with E-state index in [1.54, 1.807) is 12.1 Å². The number of amides is 2. The van der Waals surface area contributed by atoms with Crippen molar-refractivity contribution in [1.29, 1.82) is 0 Å². The first-order chi connectivity index (χ1) is 15.1. The molecule has 1 saturated carbocycles. The number of rotatable bonds is 3. The van der Waals surface area contributed by atoms with E-state index in [1.165, 1.54) is 31.4 Å². The topological polar surface area (TPSA) is 89.1 Å². The highest BCUT2D eigenvalue weighted by Gasteiger charge is 2.30. The molecule has 0 radical (unpaired) electrons. The van der Waals surface area contributed by atoms with Crippen LogP contribution in [-0.2, 0) is 20.0 Å². The molecule has 9 heteroatoms. The zero-order chi connectivity index (χ0) is 21.4. The van der Waals surface area contributed by atoms with Gasteiger partial charge in [0.05, 0.1) is 6.54 Å². The Labute approximate surface area is 179 Å². The van der Waals surface area contributed by atoms with E-state index in [0.717, 1.165) is 30.5 Å². The SMILES string of the molecule is Cn1nc(-c2nc(-c3ccc(F)cc3)no2)c2c1CCN(C(=O)NC1CCCCC1)C2. The number of hydrogen-bond acceptors (Lipinski definition) is 5. The molecule has 3 heterocycles. The maximum atomic E-state index is 13.2. The summed E-state index contributed by atoms with van der Waals surface area (Å²) >= 11 is 0. The predicted molar refractivity (Wildman–Crippen MR) is 111 cm³/mol. The van der Waals surface area contributed by atoms with Gasteiger partial charge in [-0.1, -0.05) is 24.4 Å². The minimum absolute atomic E-state index is 0.0233. The molecule has 0 spiro atoms. The number of fused-ring (bicyclic) bond motifs is 1. The molecule has 3 aromatic rings. The lowest BCUT2D eigenvalue weighted by molar-refractivity contribution is 0.184. The van der Waals surface area contributed by atoms with Gasteiger partial charge in [0.15, 0.2) is 5.69 Å². The Kier molecular flexibility index (Phi) is 5.17. The highest BCUT2D eigenvalue weighted by Crippen LogP contribution is 2.30. The van der Waals surface area contributed by atoms with Crippen LogP contribution in [0.15, 0.2) is 28.8 Å². The Morgan fingerprint density at radius 3 is 2.74 bits per heavy atom. The molecule has 8 nitrogen and oxygen atoms in total. The van der Waals surface area contributed by atoms with E-state index < -0.39 is 0 Å². The molecule has 0 atom stereocenters. The lowest BCUT2D eigenvalue weighted by atomic mass is 9.95. The fraction of sp³-hybridized carbons (Fsp3) is 0.455. The number of hydrogen-bond donors (Lipinski definition) is 1. The van der Waals surface area contributed by atoms with Crippen LogP contribution in [0.3, 0.4) is 0 Å². The van der Waals surface area contributed by atoms with Crippen LogP contribution in [0.2, 0.25) is 0 Å². The summed E-state index contributed by atoms with van der Waals surface area (Å²) in [5.74, 6) is 0.348. The molecule has 2 aromatic heterocycles. The molecule has 1 aliphatic heterocycles. The molecule has 31 heavy (non-hydrogen) atoms. The van der Waals surface area contributed by atoms with Gasteiger partial charge in [-0.15, -0.1) is 0 Å². The van der Waals surface area contributed by atoms with Crippen LogP contribution in [0.25, 0.3) is 23.0 Å². The molecular weight excluding hydrogens is 399 g/mol. The van der Waals surface area contributed by atoms with E-state index in [0.29, 0.717) is 36.1 Å². The van der Waals surface area contributed by atoms with Crippen molar-refractivity contribution in [3.05, 3.63) is 41.3 Å². The third-order valence-corrected chi connectivity index (χ3v) is 6.19. The van der Waals surface area contributed by atoms with Gasteiger partial charge in [-0.2, -0.15) is 10.1 Å². The maximum absolute atomic E-state index is 13.2. The van der Waals surface area contributed by atoms with Crippen LogP contribution in [0.5, 0.6) is 0 Å². The van der Waals surface area contributed by atoms with Gasteiger partial charge in [0.2, 0.25) is 5.82 Å². The van der Waals surface area contributed by atoms with Crippen molar-refractivity contribution in [1.82, 2.24) is 30.1 Å². The van der Waals surface area contributed by atoms with Gasteiger partial charge in [-0.3, -0.25) is 4.68 Å². The minimum atomic E-state index is -0.321. The zero-order valence-corrected chi connectivity index (χ0v) is 17.5. The Balaban J connectivity index is 1.37. The largest absolute Gasteiger partial charge is 0.335 e. The number of nitrogens with one attached hydrogen (secondary N) is 1. The first-order valence-electron chi connectivity index (χ1n) is 10.8. The average Bonchev–Trinajstić information content (AvgIpc) is 3.40. The monoisotopic (exact) mass is 424 g/mol. The summed E-state index contributed by atoms with van der Waals surface area (Å²) in [6.07, 6.45) is 6.43. The molecule has 2 aliphatic rings. The molecule has 1 fully saturated rings. The summed E-state index contributed by atoms with van der Waals surface area (Å²) in [4.78, 5) is 19.2. The summed E-state index contributed by atoms with van der Waals surface area (Å²) in [5, 5.41) is 11.8. The average molecular weight is 424 g/mol. The number of carbonyl (C=O) groups excluding carboxylic acids is 1. The Hall–Kier alpha value is -3.23. The van der Waals surface area contributed by atoms with E-state index in [-0.39, 0.29) is 17.9 Å². The van der Waals surface area contributed by atoms with Crippen LogP contribution in [0.1, 0.15) is 43.4 Å². The van der Waals surface area contributed by atoms with Crippen molar-refractivity contribution in [2.75, 3.05) is 6.54 Å². The summed E-state index contributed by atoms with van der Waals surface area (Å²) in [6.45, 7) is 1.10. The van der Waals surface area contributed by atoms with Crippen LogP contribution >= 0.6 is 0 Å². The van der Waals surface area contributed by atoms with Crippen LogP contribution in [-0.4, -0.2) is 43.4 Å². The number of halogens is 1. The van der Waals surface area contributed by atoms with Crippen molar-refractivity contribution >= 4 is 6.03 Å². The minimum Gasteiger partial charge on any atom is -0.335 e. The number of aryl methyl sites for hydroxylation is 1. The van der Waals surface area contributed by atoms with E-state index >= 15 is 0 Å². The molecule has 1 N–H and O–H groups in total. The number of benzene rings is 1. The number of nitrogens with zero attached hydrogens (tertiary/aromatic N) is 5. The van der Waals surface area contributed by atoms with Crippen LogP contribution < -0.4 is 5.32 Å². The fourth-order valence-electron chi connectivity index (χ4n) is 4.49. The lowest BCUT2D eigenvalue weighted by Crippen LogP contribution is -2.47. The van der Waals surface area contributed by atoms with Gasteiger partial charge >= 0.3 is 6.03 Å². The van der Waals surface area contributed by atoms with Gasteiger partial charge in [0.1, 0.15) is 5.82 Å². The molecule has 2 amide bonds. The van der Waals surface area contributed by atoms with E-state index in [2.05, 4.69) is 20.6 Å². The predicted octanol–water partition coefficient (Wildman–Crippen LogP) is 3.68. The van der Waals surface area contributed by atoms with Crippen LogP contribution in [0.4, 0.5) is 9.18 Å². The lowest BCUT2D eigenvalue weighted by Gasteiger charge is -2.31. The summed E-state index contributed by atoms with van der Waals surface area (Å²) in [7, 11) is 1.89. The Morgan fingerprint density at radius 2 is 1.97 bits per heavy atom. The van der Waals surface area contributed by atoms with Gasteiger partial charge in [-0.25, -0.2) is 9.18 Å². The second-order valence-electron chi connectivity index (χ2n) is 8.28.